The van der Waals surface area contributed by atoms with E-state index in [9.17, 15) is 0 Å². The molecule has 0 spiro atoms. The lowest BCUT2D eigenvalue weighted by Crippen LogP contribution is -2.23. The number of rotatable bonds is 1. The number of hydrogen-bond acceptors (Lipinski definition) is 2. The monoisotopic (exact) mass is 238 g/mol. The Kier molecular flexibility index (Phi) is 0.853. The number of ether oxygens (including phenoxy) is 1. The van der Waals surface area contributed by atoms with Crippen molar-refractivity contribution in [1.82, 2.24) is 4.98 Å². The van der Waals surface area contributed by atoms with Crippen molar-refractivity contribution in [3.8, 4) is 5.88 Å². The van der Waals surface area contributed by atoms with E-state index < -0.39 is 32.0 Å². The summed E-state index contributed by atoms with van der Waals surface area (Å²) in [5, 5.41) is 0. The topological polar surface area (TPSA) is 22.1 Å². The van der Waals surface area contributed by atoms with Crippen LogP contribution in [0.3, 0.4) is 0 Å². The minimum Gasteiger partial charge on any atom is -0.472 e. The highest BCUT2D eigenvalue weighted by Crippen LogP contribution is 2.18. The van der Waals surface area contributed by atoms with Gasteiger partial charge in [-0.2, -0.15) is 0 Å². The van der Waals surface area contributed by atoms with E-state index in [4.69, 9.17) is 17.1 Å². The molecule has 0 aliphatic heterocycles. The maximum absolute atomic E-state index is 7.40. The first-order valence-corrected chi connectivity index (χ1v) is 3.82. The molecule has 0 atom stereocenters. The SMILES string of the molecule is [2H]C([2H])([2H])C(Oc1cc(Br)ccn1)(C([2H])([2H])[2H])C([2H])([2H])[2H]. The predicted octanol–water partition coefficient (Wildman–Crippen LogP) is 3.02. The summed E-state index contributed by atoms with van der Waals surface area (Å²) < 4.78 is 72.0. The maximum atomic E-state index is 7.40. The van der Waals surface area contributed by atoms with E-state index in [0.717, 1.165) is 0 Å². The molecule has 0 aromatic carbocycles. The average Bonchev–Trinajstić information content (AvgIpc) is 2.20. The quantitative estimate of drug-likeness (QED) is 0.751. The summed E-state index contributed by atoms with van der Waals surface area (Å²) in [6.07, 6.45) is 1.22. The number of hydrogen-bond donors (Lipinski definition) is 0. The zero-order chi connectivity index (χ0) is 16.7. The normalized spacial score (nSPS) is 25.6. The fourth-order valence-corrected chi connectivity index (χ4v) is 0.912. The molecule has 0 amide bonds. The van der Waals surface area contributed by atoms with Crippen molar-refractivity contribution in [1.29, 1.82) is 0 Å². The Labute approximate surface area is 93.7 Å². The molecule has 0 bridgehead atoms. The van der Waals surface area contributed by atoms with E-state index in [-0.39, 0.29) is 0 Å². The van der Waals surface area contributed by atoms with Crippen LogP contribution in [-0.2, 0) is 0 Å². The van der Waals surface area contributed by atoms with Crippen molar-refractivity contribution in [2.24, 2.45) is 0 Å². The van der Waals surface area contributed by atoms with Gasteiger partial charge < -0.3 is 4.74 Å². The number of halogens is 1. The van der Waals surface area contributed by atoms with Gasteiger partial charge >= 0.3 is 0 Å². The summed E-state index contributed by atoms with van der Waals surface area (Å²) in [4.78, 5) is 3.66. The second-order valence-electron chi connectivity index (χ2n) is 2.10. The minimum atomic E-state index is -3.42. The molecule has 1 aromatic heterocycles. The van der Waals surface area contributed by atoms with Gasteiger partial charge in [-0.3, -0.25) is 0 Å². The smallest absolute Gasteiger partial charge is 0.214 e. The van der Waals surface area contributed by atoms with Gasteiger partial charge in [0.05, 0.1) is 0 Å². The molecule has 0 aliphatic rings. The Balaban J connectivity index is 3.52. The molecular weight excluding hydrogens is 218 g/mol. The van der Waals surface area contributed by atoms with Gasteiger partial charge in [0.2, 0.25) is 5.88 Å². The molecule has 0 fully saturated rings. The molecule has 2 nitrogen and oxygen atoms in total. The van der Waals surface area contributed by atoms with E-state index >= 15 is 0 Å². The third-order valence-electron chi connectivity index (χ3n) is 0.955. The maximum Gasteiger partial charge on any atom is 0.214 e. The van der Waals surface area contributed by atoms with Crippen LogP contribution in [0.15, 0.2) is 22.8 Å². The Hall–Kier alpha value is -0.570. The predicted molar refractivity (Wildman–Crippen MR) is 52.3 cm³/mol. The number of nitrogens with zero attached hydrogens (tertiary/aromatic N) is 1. The molecule has 0 N–H and O–H groups in total. The Morgan fingerprint density at radius 2 is 2.33 bits per heavy atom. The standard InChI is InChI=1S/C9H12BrNO/c1-9(2,3)12-8-6-7(10)4-5-11-8/h4-6H,1-3H3/i1D3,2D3,3D3. The van der Waals surface area contributed by atoms with Gasteiger partial charge in [-0.1, -0.05) is 15.9 Å². The van der Waals surface area contributed by atoms with Gasteiger partial charge in [0.25, 0.3) is 0 Å². The van der Waals surface area contributed by atoms with Crippen LogP contribution in [0.25, 0.3) is 0 Å². The van der Waals surface area contributed by atoms with Gasteiger partial charge in [-0.05, 0) is 26.6 Å². The Morgan fingerprint density at radius 3 is 2.92 bits per heavy atom. The first-order valence-electron chi connectivity index (χ1n) is 7.53. The fourth-order valence-electron chi connectivity index (χ4n) is 0.598. The lowest BCUT2D eigenvalue weighted by atomic mass is 10.2. The summed E-state index contributed by atoms with van der Waals surface area (Å²) in [7, 11) is 0. The second kappa shape index (κ2) is 3.44. The molecule has 1 aromatic rings. The highest BCUT2D eigenvalue weighted by Gasteiger charge is 2.12. The highest BCUT2D eigenvalue weighted by molar-refractivity contribution is 9.10. The van der Waals surface area contributed by atoms with Crippen LogP contribution in [0.2, 0.25) is 0 Å². The molecule has 3 heteroatoms. The second-order valence-corrected chi connectivity index (χ2v) is 3.01. The van der Waals surface area contributed by atoms with E-state index in [1.54, 1.807) is 0 Å². The molecule has 0 unspecified atom stereocenters. The van der Waals surface area contributed by atoms with Gasteiger partial charge in [-0.25, -0.2) is 4.98 Å². The molecular formula is C9H12BrNO. The van der Waals surface area contributed by atoms with Crippen LogP contribution in [0.5, 0.6) is 5.88 Å². The van der Waals surface area contributed by atoms with Crippen LogP contribution in [0, 0.1) is 0 Å². The molecule has 1 heterocycles. The summed E-state index contributed by atoms with van der Waals surface area (Å²) in [5.74, 6) is -0.409. The molecule has 0 saturated carbocycles. The number of aromatic nitrogens is 1. The van der Waals surface area contributed by atoms with Crippen molar-refractivity contribution >= 4 is 15.9 Å². The zero-order valence-electron chi connectivity index (χ0n) is 15.0. The largest absolute Gasteiger partial charge is 0.472 e. The average molecular weight is 239 g/mol. The van der Waals surface area contributed by atoms with Gasteiger partial charge in [-0.15, -0.1) is 0 Å². The van der Waals surface area contributed by atoms with E-state index in [1.807, 2.05) is 0 Å². The van der Waals surface area contributed by atoms with Crippen LogP contribution in [0.1, 0.15) is 32.9 Å². The minimum absolute atomic E-state index is 0.409. The van der Waals surface area contributed by atoms with Crippen LogP contribution >= 0.6 is 15.9 Å². The third kappa shape index (κ3) is 3.22. The molecule has 1 rings (SSSR count). The Bertz CT molecular complexity index is 471. The first-order chi connectivity index (χ1) is 9.22. The summed E-state index contributed by atoms with van der Waals surface area (Å²) in [5.41, 5.74) is -3.37. The third-order valence-corrected chi connectivity index (χ3v) is 1.45. The van der Waals surface area contributed by atoms with Crippen LogP contribution in [0.4, 0.5) is 0 Å². The van der Waals surface area contributed by atoms with Crippen molar-refractivity contribution in [3.63, 3.8) is 0 Å². The van der Waals surface area contributed by atoms with E-state index in [1.165, 1.54) is 18.3 Å². The molecule has 0 saturated heterocycles. The molecule has 12 heavy (non-hydrogen) atoms. The highest BCUT2D eigenvalue weighted by atomic mass is 79.9. The van der Waals surface area contributed by atoms with Crippen molar-refractivity contribution < 1.29 is 17.1 Å². The van der Waals surface area contributed by atoms with Crippen LogP contribution in [-0.4, -0.2) is 10.6 Å². The summed E-state index contributed by atoms with van der Waals surface area (Å²) in [6, 6.07) is 2.69. The summed E-state index contributed by atoms with van der Waals surface area (Å²) in [6.45, 7) is -10.3. The lowest BCUT2D eigenvalue weighted by molar-refractivity contribution is 0.124. The number of pyridine rings is 1. The fraction of sp³-hybridized carbons (Fsp3) is 0.444. The van der Waals surface area contributed by atoms with Gasteiger partial charge in [0.1, 0.15) is 5.60 Å². The molecule has 66 valence electrons. The molecule has 0 aliphatic carbocycles. The lowest BCUT2D eigenvalue weighted by Gasteiger charge is -2.19. The van der Waals surface area contributed by atoms with E-state index in [2.05, 4.69) is 20.9 Å². The first kappa shape index (κ1) is 2.98. The Morgan fingerprint density at radius 1 is 1.58 bits per heavy atom. The van der Waals surface area contributed by atoms with Crippen molar-refractivity contribution in [3.05, 3.63) is 22.8 Å². The van der Waals surface area contributed by atoms with Crippen molar-refractivity contribution in [2.75, 3.05) is 0 Å². The van der Waals surface area contributed by atoms with Gasteiger partial charge in [0.15, 0.2) is 0 Å². The molecule has 0 radical (unpaired) electrons. The van der Waals surface area contributed by atoms with Gasteiger partial charge in [0, 0.05) is 29.1 Å². The van der Waals surface area contributed by atoms with Crippen molar-refractivity contribution in [2.45, 2.75) is 26.2 Å². The van der Waals surface area contributed by atoms with Crippen LogP contribution < -0.4 is 4.74 Å². The van der Waals surface area contributed by atoms with E-state index in [0.29, 0.717) is 4.47 Å². The summed E-state index contributed by atoms with van der Waals surface area (Å²) >= 11 is 3.08. The zero-order valence-corrected chi connectivity index (χ0v) is 7.55.